The van der Waals surface area contributed by atoms with Gasteiger partial charge in [-0.2, -0.15) is 0 Å². The molecule has 28 heavy (non-hydrogen) atoms. The zero-order valence-electron chi connectivity index (χ0n) is 18.8. The molecule has 0 radical (unpaired) electrons. The summed E-state index contributed by atoms with van der Waals surface area (Å²) < 4.78 is 4.84. The van der Waals surface area contributed by atoms with E-state index in [9.17, 15) is 4.79 Å². The number of carbonyl (C=O) groups excluding carboxylic acids is 1. The van der Waals surface area contributed by atoms with E-state index in [2.05, 4.69) is 6.92 Å². The molecule has 0 bridgehead atoms. The van der Waals surface area contributed by atoms with Gasteiger partial charge in [-0.15, -0.1) is 0 Å². The maximum absolute atomic E-state index is 11.3. The molecule has 3 N–H and O–H groups in total. The number of ether oxygens (including phenoxy) is 1. The standard InChI is InChI=1S/C24H48O3.H2O/c1-2-3-4-5-6-7-8-9-10-11-12-13-14-15-16-17-18-19-20-21-24(26)27-23-22-25;/h25H,2-23H2,1H3;1H2. The molecule has 0 spiro atoms. The average Bonchev–Trinajstić information content (AvgIpc) is 2.68. The quantitative estimate of drug-likeness (QED) is 0.165. The van der Waals surface area contributed by atoms with Crippen LogP contribution in [0, 0.1) is 0 Å². The van der Waals surface area contributed by atoms with E-state index in [1.54, 1.807) is 0 Å². The first-order chi connectivity index (χ1) is 13.3. The molecule has 4 nitrogen and oxygen atoms in total. The van der Waals surface area contributed by atoms with Crippen molar-refractivity contribution in [3.63, 3.8) is 0 Å². The van der Waals surface area contributed by atoms with Crippen LogP contribution in [0.1, 0.15) is 135 Å². The molecule has 0 rings (SSSR count). The summed E-state index contributed by atoms with van der Waals surface area (Å²) in [4.78, 5) is 11.3. The Kier molecular flexibility index (Phi) is 27.9. The number of rotatable bonds is 22. The van der Waals surface area contributed by atoms with Gasteiger partial charge in [0.1, 0.15) is 6.61 Å². The Morgan fingerprint density at radius 3 is 1.25 bits per heavy atom. The Morgan fingerprint density at radius 2 is 0.929 bits per heavy atom. The highest BCUT2D eigenvalue weighted by Crippen LogP contribution is 2.14. The molecule has 0 amide bonds. The first kappa shape index (κ1) is 29.6. The van der Waals surface area contributed by atoms with Crippen LogP contribution in [0.25, 0.3) is 0 Å². The van der Waals surface area contributed by atoms with Crippen molar-refractivity contribution in [1.82, 2.24) is 0 Å². The van der Waals surface area contributed by atoms with E-state index in [1.165, 1.54) is 109 Å². The zero-order valence-corrected chi connectivity index (χ0v) is 18.8. The molecule has 0 heterocycles. The molecule has 0 aliphatic heterocycles. The van der Waals surface area contributed by atoms with Crippen LogP contribution in [0.15, 0.2) is 0 Å². The Bertz CT molecular complexity index is 294. The SMILES string of the molecule is CCCCCCCCCCCCCCCCCCCCCC(=O)OCCO.O. The van der Waals surface area contributed by atoms with E-state index in [4.69, 9.17) is 9.84 Å². The molecule has 4 heteroatoms. The van der Waals surface area contributed by atoms with Crippen LogP contribution in [0.2, 0.25) is 0 Å². The van der Waals surface area contributed by atoms with Crippen molar-refractivity contribution in [3.05, 3.63) is 0 Å². The van der Waals surface area contributed by atoms with E-state index in [1.807, 2.05) is 0 Å². The summed E-state index contributed by atoms with van der Waals surface area (Å²) in [6.07, 6.45) is 26.3. The van der Waals surface area contributed by atoms with E-state index < -0.39 is 0 Å². The fourth-order valence-electron chi connectivity index (χ4n) is 3.58. The predicted octanol–water partition coefficient (Wildman–Crippen LogP) is 6.52. The number of unbranched alkanes of at least 4 members (excludes halogenated alkanes) is 18. The summed E-state index contributed by atoms with van der Waals surface area (Å²) in [5, 5.41) is 8.57. The van der Waals surface area contributed by atoms with Gasteiger partial charge in [-0.3, -0.25) is 4.79 Å². The van der Waals surface area contributed by atoms with Crippen LogP contribution in [-0.4, -0.2) is 29.8 Å². The number of aliphatic hydroxyl groups excluding tert-OH is 1. The van der Waals surface area contributed by atoms with Gasteiger partial charge in [0.15, 0.2) is 0 Å². The van der Waals surface area contributed by atoms with E-state index in [0.29, 0.717) is 6.42 Å². The minimum Gasteiger partial charge on any atom is -0.463 e. The van der Waals surface area contributed by atoms with Crippen molar-refractivity contribution in [3.8, 4) is 0 Å². The second-order valence-corrected chi connectivity index (χ2v) is 8.06. The van der Waals surface area contributed by atoms with Crippen molar-refractivity contribution < 1.29 is 20.1 Å². The van der Waals surface area contributed by atoms with Gasteiger partial charge in [-0.1, -0.05) is 122 Å². The number of esters is 1. The van der Waals surface area contributed by atoms with E-state index in [-0.39, 0.29) is 24.7 Å². The lowest BCUT2D eigenvalue weighted by Crippen LogP contribution is -2.07. The van der Waals surface area contributed by atoms with Gasteiger partial charge >= 0.3 is 5.97 Å². The van der Waals surface area contributed by atoms with E-state index >= 15 is 0 Å². The molecule has 0 unspecified atom stereocenters. The third-order valence-electron chi connectivity index (χ3n) is 5.34. The highest BCUT2D eigenvalue weighted by molar-refractivity contribution is 5.69. The predicted molar refractivity (Wildman–Crippen MR) is 120 cm³/mol. The fourth-order valence-corrected chi connectivity index (χ4v) is 3.58. The Morgan fingerprint density at radius 1 is 0.607 bits per heavy atom. The summed E-state index contributed by atoms with van der Waals surface area (Å²) in [6.45, 7) is 2.34. The van der Waals surface area contributed by atoms with Crippen LogP contribution in [0.5, 0.6) is 0 Å². The van der Waals surface area contributed by atoms with Crippen molar-refractivity contribution in [1.29, 1.82) is 0 Å². The van der Waals surface area contributed by atoms with Gasteiger partial charge in [0.05, 0.1) is 6.61 Å². The summed E-state index contributed by atoms with van der Waals surface area (Å²) in [7, 11) is 0. The summed E-state index contributed by atoms with van der Waals surface area (Å²) in [5.41, 5.74) is 0. The van der Waals surface area contributed by atoms with Crippen LogP contribution in [0.3, 0.4) is 0 Å². The lowest BCUT2D eigenvalue weighted by molar-refractivity contribution is -0.144. The first-order valence-electron chi connectivity index (χ1n) is 12.1. The molecule has 170 valence electrons. The second-order valence-electron chi connectivity index (χ2n) is 8.06. The number of carbonyl (C=O) groups is 1. The minimum absolute atomic E-state index is 0. The minimum atomic E-state index is -0.170. The topological polar surface area (TPSA) is 78.0 Å². The van der Waals surface area contributed by atoms with Gasteiger partial charge in [-0.25, -0.2) is 0 Å². The molecular weight excluding hydrogens is 352 g/mol. The highest BCUT2D eigenvalue weighted by atomic mass is 16.5. The third kappa shape index (κ3) is 25.4. The Balaban J connectivity index is 0. The molecule has 0 aliphatic rings. The van der Waals surface area contributed by atoms with Gasteiger partial charge in [0.25, 0.3) is 0 Å². The maximum atomic E-state index is 11.3. The fraction of sp³-hybridized carbons (Fsp3) is 0.958. The number of aliphatic hydroxyl groups is 1. The molecule has 0 saturated carbocycles. The Hall–Kier alpha value is -0.610. The van der Waals surface area contributed by atoms with Gasteiger partial charge < -0.3 is 15.3 Å². The highest BCUT2D eigenvalue weighted by Gasteiger charge is 2.01. The van der Waals surface area contributed by atoms with Crippen molar-refractivity contribution in [2.45, 2.75) is 135 Å². The first-order valence-corrected chi connectivity index (χ1v) is 12.1. The zero-order chi connectivity index (χ0) is 19.8. The molecule has 0 saturated heterocycles. The van der Waals surface area contributed by atoms with Crippen LogP contribution < -0.4 is 0 Å². The monoisotopic (exact) mass is 402 g/mol. The van der Waals surface area contributed by atoms with Gasteiger partial charge in [0, 0.05) is 6.42 Å². The van der Waals surface area contributed by atoms with Gasteiger partial charge in [-0.05, 0) is 6.42 Å². The van der Waals surface area contributed by atoms with E-state index in [0.717, 1.165) is 12.8 Å². The molecule has 0 aromatic heterocycles. The molecule has 0 atom stereocenters. The third-order valence-corrected chi connectivity index (χ3v) is 5.34. The van der Waals surface area contributed by atoms with Crippen molar-refractivity contribution in [2.75, 3.05) is 13.2 Å². The second kappa shape index (κ2) is 26.4. The molecular formula is C24H50O4. The van der Waals surface area contributed by atoms with Crippen LogP contribution in [0.4, 0.5) is 0 Å². The maximum Gasteiger partial charge on any atom is 0.305 e. The van der Waals surface area contributed by atoms with Crippen LogP contribution >= 0.6 is 0 Å². The lowest BCUT2D eigenvalue weighted by atomic mass is 10.0. The normalized spacial score (nSPS) is 10.6. The molecule has 0 fully saturated rings. The largest absolute Gasteiger partial charge is 0.463 e. The summed E-state index contributed by atoms with van der Waals surface area (Å²) in [6, 6.07) is 0. The molecule has 0 aromatic rings. The summed E-state index contributed by atoms with van der Waals surface area (Å²) >= 11 is 0. The lowest BCUT2D eigenvalue weighted by Gasteiger charge is -2.04. The van der Waals surface area contributed by atoms with Crippen molar-refractivity contribution in [2.24, 2.45) is 0 Å². The van der Waals surface area contributed by atoms with Crippen LogP contribution in [-0.2, 0) is 9.53 Å². The molecule has 0 aromatic carbocycles. The number of hydrogen-bond acceptors (Lipinski definition) is 3. The Labute approximate surface area is 175 Å². The smallest absolute Gasteiger partial charge is 0.305 e. The van der Waals surface area contributed by atoms with Crippen molar-refractivity contribution >= 4 is 5.97 Å². The van der Waals surface area contributed by atoms with Gasteiger partial charge in [0.2, 0.25) is 0 Å². The average molecular weight is 403 g/mol. The summed E-state index contributed by atoms with van der Waals surface area (Å²) in [5.74, 6) is -0.170. The number of hydrogen-bond donors (Lipinski definition) is 1. The molecule has 0 aliphatic carbocycles.